The molecule has 0 unspecified atom stereocenters. The third kappa shape index (κ3) is 2.77. The molecule has 0 heterocycles. The highest BCUT2D eigenvalue weighted by Gasteiger charge is 2.01. The van der Waals surface area contributed by atoms with Crippen LogP contribution in [0.3, 0.4) is 0 Å². The van der Waals surface area contributed by atoms with Crippen LogP contribution in [0, 0.1) is 12.3 Å². The smallest absolute Gasteiger partial charge is 0.0983 e. The van der Waals surface area contributed by atoms with Gasteiger partial charge >= 0.3 is 0 Å². The molecule has 1 rings (SSSR count). The van der Waals surface area contributed by atoms with Crippen LogP contribution in [0.15, 0.2) is 42.0 Å². The molecule has 1 heteroatoms. The molecule has 1 aromatic rings. The number of hydrogen-bond acceptors (Lipinski definition) is 1. The molecule has 1 atom stereocenters. The lowest BCUT2D eigenvalue weighted by Crippen LogP contribution is -1.92. The number of aliphatic hydroxyl groups is 1. The van der Waals surface area contributed by atoms with Crippen molar-refractivity contribution in [3.05, 3.63) is 47.5 Å². The Balaban J connectivity index is 2.82. The van der Waals surface area contributed by atoms with E-state index in [2.05, 4.69) is 5.92 Å². The van der Waals surface area contributed by atoms with Crippen molar-refractivity contribution < 1.29 is 5.11 Å². The van der Waals surface area contributed by atoms with Crippen molar-refractivity contribution in [2.24, 2.45) is 0 Å². The number of terminal acetylenes is 1. The molecule has 0 aromatic heterocycles. The van der Waals surface area contributed by atoms with Gasteiger partial charge in [0.05, 0.1) is 6.10 Å². The summed E-state index contributed by atoms with van der Waals surface area (Å²) in [5.41, 5.74) is 1.61. The van der Waals surface area contributed by atoms with Crippen LogP contribution >= 0.6 is 0 Å². The van der Waals surface area contributed by atoms with Gasteiger partial charge in [0.25, 0.3) is 0 Å². The SMILES string of the molecule is C#C/C(C)=C\[C@@H](O)c1ccccc1. The van der Waals surface area contributed by atoms with E-state index in [0.717, 1.165) is 11.1 Å². The van der Waals surface area contributed by atoms with Gasteiger partial charge in [-0.1, -0.05) is 36.3 Å². The van der Waals surface area contributed by atoms with E-state index < -0.39 is 6.10 Å². The lowest BCUT2D eigenvalue weighted by molar-refractivity contribution is 0.228. The summed E-state index contributed by atoms with van der Waals surface area (Å²) in [6, 6.07) is 9.42. The van der Waals surface area contributed by atoms with Crippen LogP contribution < -0.4 is 0 Å². The molecular formula is C12H12O. The highest BCUT2D eigenvalue weighted by molar-refractivity contribution is 5.28. The number of benzene rings is 1. The minimum Gasteiger partial charge on any atom is -0.384 e. The summed E-state index contributed by atoms with van der Waals surface area (Å²) in [5.74, 6) is 2.47. The monoisotopic (exact) mass is 172 g/mol. The van der Waals surface area contributed by atoms with E-state index in [-0.39, 0.29) is 0 Å². The second-order valence-electron chi connectivity index (χ2n) is 2.85. The first-order valence-electron chi connectivity index (χ1n) is 4.12. The largest absolute Gasteiger partial charge is 0.384 e. The Morgan fingerprint density at radius 2 is 2.08 bits per heavy atom. The average molecular weight is 172 g/mol. The summed E-state index contributed by atoms with van der Waals surface area (Å²) in [5, 5.41) is 9.65. The number of allylic oxidation sites excluding steroid dienone is 1. The van der Waals surface area contributed by atoms with Crippen molar-refractivity contribution in [1.82, 2.24) is 0 Å². The van der Waals surface area contributed by atoms with Gasteiger partial charge in [0.15, 0.2) is 0 Å². The normalized spacial score (nSPS) is 13.5. The summed E-state index contributed by atoms with van der Waals surface area (Å²) in [6.07, 6.45) is 6.23. The summed E-state index contributed by atoms with van der Waals surface area (Å²) >= 11 is 0. The average Bonchev–Trinajstić information content (AvgIpc) is 2.19. The van der Waals surface area contributed by atoms with Crippen molar-refractivity contribution >= 4 is 0 Å². The van der Waals surface area contributed by atoms with Gasteiger partial charge in [-0.05, 0) is 24.1 Å². The lowest BCUT2D eigenvalue weighted by Gasteiger charge is -2.05. The van der Waals surface area contributed by atoms with E-state index in [9.17, 15) is 5.11 Å². The molecule has 0 aliphatic heterocycles. The van der Waals surface area contributed by atoms with E-state index in [1.165, 1.54) is 0 Å². The Morgan fingerprint density at radius 3 is 2.62 bits per heavy atom. The minimum atomic E-state index is -0.600. The predicted octanol–water partition coefficient (Wildman–Crippen LogP) is 2.30. The van der Waals surface area contributed by atoms with Crippen LogP contribution in [0.1, 0.15) is 18.6 Å². The van der Waals surface area contributed by atoms with E-state index in [1.54, 1.807) is 13.0 Å². The number of rotatable bonds is 2. The number of hydrogen-bond donors (Lipinski definition) is 1. The summed E-state index contributed by atoms with van der Waals surface area (Å²) < 4.78 is 0. The van der Waals surface area contributed by atoms with Crippen LogP contribution in [0.5, 0.6) is 0 Å². The maximum atomic E-state index is 9.65. The lowest BCUT2D eigenvalue weighted by atomic mass is 10.1. The van der Waals surface area contributed by atoms with Gasteiger partial charge in [0.2, 0.25) is 0 Å². The number of aliphatic hydroxyl groups excluding tert-OH is 1. The van der Waals surface area contributed by atoms with Crippen molar-refractivity contribution in [3.8, 4) is 12.3 Å². The first-order chi connectivity index (χ1) is 6.24. The second-order valence-corrected chi connectivity index (χ2v) is 2.85. The quantitative estimate of drug-likeness (QED) is 0.679. The summed E-state index contributed by atoms with van der Waals surface area (Å²) in [7, 11) is 0. The fourth-order valence-electron chi connectivity index (χ4n) is 1.03. The van der Waals surface area contributed by atoms with Gasteiger partial charge in [0, 0.05) is 0 Å². The second kappa shape index (κ2) is 4.49. The Labute approximate surface area is 78.7 Å². The van der Waals surface area contributed by atoms with Crippen molar-refractivity contribution in [2.45, 2.75) is 13.0 Å². The third-order valence-electron chi connectivity index (χ3n) is 1.78. The topological polar surface area (TPSA) is 20.2 Å². The van der Waals surface area contributed by atoms with E-state index >= 15 is 0 Å². The zero-order chi connectivity index (χ0) is 9.68. The molecule has 0 radical (unpaired) electrons. The van der Waals surface area contributed by atoms with Gasteiger partial charge in [-0.3, -0.25) is 0 Å². The highest BCUT2D eigenvalue weighted by atomic mass is 16.3. The molecule has 1 nitrogen and oxygen atoms in total. The van der Waals surface area contributed by atoms with E-state index in [0.29, 0.717) is 0 Å². The van der Waals surface area contributed by atoms with Gasteiger partial charge in [-0.25, -0.2) is 0 Å². The molecule has 0 aliphatic rings. The molecule has 0 saturated carbocycles. The van der Waals surface area contributed by atoms with Crippen LogP contribution in [0.25, 0.3) is 0 Å². The molecular weight excluding hydrogens is 160 g/mol. The van der Waals surface area contributed by atoms with Gasteiger partial charge in [0.1, 0.15) is 0 Å². The molecule has 1 aromatic carbocycles. The molecule has 0 fully saturated rings. The molecule has 66 valence electrons. The first kappa shape index (κ1) is 9.57. The Morgan fingerprint density at radius 1 is 1.46 bits per heavy atom. The summed E-state index contributed by atoms with van der Waals surface area (Å²) in [4.78, 5) is 0. The zero-order valence-electron chi connectivity index (χ0n) is 7.57. The van der Waals surface area contributed by atoms with Crippen LogP contribution in [-0.4, -0.2) is 5.11 Å². The first-order valence-corrected chi connectivity index (χ1v) is 4.12. The maximum Gasteiger partial charge on any atom is 0.0983 e. The maximum absolute atomic E-state index is 9.65. The van der Waals surface area contributed by atoms with E-state index in [4.69, 9.17) is 6.42 Å². The van der Waals surface area contributed by atoms with Gasteiger partial charge in [-0.15, -0.1) is 6.42 Å². The molecule has 0 saturated heterocycles. The van der Waals surface area contributed by atoms with Crippen molar-refractivity contribution in [2.75, 3.05) is 0 Å². The molecule has 0 bridgehead atoms. The van der Waals surface area contributed by atoms with Gasteiger partial charge < -0.3 is 5.11 Å². The zero-order valence-corrected chi connectivity index (χ0v) is 7.57. The molecule has 1 N–H and O–H groups in total. The van der Waals surface area contributed by atoms with Gasteiger partial charge in [-0.2, -0.15) is 0 Å². The standard InChI is InChI=1S/C12H12O/c1-3-10(2)9-12(13)11-7-5-4-6-8-11/h1,4-9,12-13H,2H3/b10-9-/t12-/m1/s1. The highest BCUT2D eigenvalue weighted by Crippen LogP contribution is 2.14. The van der Waals surface area contributed by atoms with Crippen molar-refractivity contribution in [1.29, 1.82) is 0 Å². The summed E-state index contributed by atoms with van der Waals surface area (Å²) in [6.45, 7) is 1.80. The molecule has 0 amide bonds. The fourth-order valence-corrected chi connectivity index (χ4v) is 1.03. The predicted molar refractivity (Wildman–Crippen MR) is 54.0 cm³/mol. The third-order valence-corrected chi connectivity index (χ3v) is 1.78. The minimum absolute atomic E-state index is 0.600. The Kier molecular flexibility index (Phi) is 3.31. The fraction of sp³-hybridized carbons (Fsp3) is 0.167. The Hall–Kier alpha value is -1.52. The van der Waals surface area contributed by atoms with Crippen LogP contribution in [0.2, 0.25) is 0 Å². The molecule has 0 aliphatic carbocycles. The van der Waals surface area contributed by atoms with Crippen molar-refractivity contribution in [3.63, 3.8) is 0 Å². The van der Waals surface area contributed by atoms with E-state index in [1.807, 2.05) is 30.3 Å². The molecule has 0 spiro atoms. The Bertz CT molecular complexity index is 330. The van der Waals surface area contributed by atoms with Crippen LogP contribution in [0.4, 0.5) is 0 Å². The van der Waals surface area contributed by atoms with Crippen LogP contribution in [-0.2, 0) is 0 Å². The molecule has 13 heavy (non-hydrogen) atoms.